The van der Waals surface area contributed by atoms with Gasteiger partial charge in [-0.05, 0) is 59.2 Å². The molecule has 0 radical (unpaired) electrons. The molecule has 1 N–H and O–H groups in total. The Hall–Kier alpha value is -0.780. The highest BCUT2D eigenvalue weighted by Gasteiger charge is 2.22. The van der Waals surface area contributed by atoms with E-state index in [0.717, 1.165) is 15.6 Å². The van der Waals surface area contributed by atoms with Gasteiger partial charge in [0.1, 0.15) is 11.6 Å². The van der Waals surface area contributed by atoms with Crippen molar-refractivity contribution in [2.45, 2.75) is 13.0 Å². The quantitative estimate of drug-likeness (QED) is 0.701. The molecule has 0 bridgehead atoms. The van der Waals surface area contributed by atoms with E-state index in [2.05, 4.69) is 37.2 Å². The van der Waals surface area contributed by atoms with Crippen molar-refractivity contribution >= 4 is 31.9 Å². The van der Waals surface area contributed by atoms with Crippen LogP contribution in [0, 0.1) is 18.6 Å². The smallest absolute Gasteiger partial charge is 0.145 e. The van der Waals surface area contributed by atoms with Crippen molar-refractivity contribution in [3.63, 3.8) is 0 Å². The molecule has 0 fully saturated rings. The molecule has 0 aliphatic rings. The van der Waals surface area contributed by atoms with Crippen LogP contribution < -0.4 is 5.32 Å². The maximum Gasteiger partial charge on any atom is 0.145 e. The van der Waals surface area contributed by atoms with E-state index in [1.54, 1.807) is 7.05 Å². The summed E-state index contributed by atoms with van der Waals surface area (Å²) >= 11 is 6.52. The minimum Gasteiger partial charge on any atom is -0.309 e. The van der Waals surface area contributed by atoms with Crippen LogP contribution in [-0.4, -0.2) is 7.05 Å². The van der Waals surface area contributed by atoms with Crippen molar-refractivity contribution in [3.05, 3.63) is 67.6 Å². The van der Waals surface area contributed by atoms with Gasteiger partial charge >= 0.3 is 0 Å². The van der Waals surface area contributed by atoms with Crippen molar-refractivity contribution in [2.24, 2.45) is 0 Å². The van der Waals surface area contributed by atoms with Crippen molar-refractivity contribution in [1.82, 2.24) is 5.32 Å². The Kier molecular flexibility index (Phi) is 4.94. The number of rotatable bonds is 3. The molecule has 1 nitrogen and oxygen atoms in total. The Balaban J connectivity index is 2.58. The molecule has 1 unspecified atom stereocenters. The molecule has 0 spiro atoms. The molecule has 20 heavy (non-hydrogen) atoms. The van der Waals surface area contributed by atoms with Gasteiger partial charge in [-0.3, -0.25) is 0 Å². The summed E-state index contributed by atoms with van der Waals surface area (Å²) in [6.07, 6.45) is 0. The summed E-state index contributed by atoms with van der Waals surface area (Å²) in [5.41, 5.74) is 1.84. The summed E-state index contributed by atoms with van der Waals surface area (Å²) in [6.45, 7) is 1.94. The van der Waals surface area contributed by atoms with E-state index in [4.69, 9.17) is 0 Å². The SMILES string of the molecule is CNC(c1ccc(Br)c(C)c1)c1c(F)ccc(Br)c1F. The minimum absolute atomic E-state index is 0.0172. The Bertz CT molecular complexity index is 644. The number of benzene rings is 2. The van der Waals surface area contributed by atoms with Crippen LogP contribution in [0.15, 0.2) is 39.3 Å². The Morgan fingerprint density at radius 3 is 2.30 bits per heavy atom. The summed E-state index contributed by atoms with van der Waals surface area (Å²) in [5.74, 6) is -1.14. The van der Waals surface area contributed by atoms with Crippen LogP contribution in [0.25, 0.3) is 0 Å². The molecular formula is C15H13Br2F2N. The lowest BCUT2D eigenvalue weighted by Crippen LogP contribution is -2.20. The van der Waals surface area contributed by atoms with Crippen LogP contribution in [0.4, 0.5) is 8.78 Å². The summed E-state index contributed by atoms with van der Waals surface area (Å²) in [5, 5.41) is 2.97. The fourth-order valence-corrected chi connectivity index (χ4v) is 2.72. The molecule has 0 amide bonds. The van der Waals surface area contributed by atoms with Crippen molar-refractivity contribution in [3.8, 4) is 0 Å². The van der Waals surface area contributed by atoms with Crippen molar-refractivity contribution < 1.29 is 8.78 Å². The van der Waals surface area contributed by atoms with Crippen molar-refractivity contribution in [1.29, 1.82) is 0 Å². The maximum atomic E-state index is 14.2. The predicted octanol–water partition coefficient (Wildman–Crippen LogP) is 5.11. The first kappa shape index (κ1) is 15.6. The Labute approximate surface area is 133 Å². The molecule has 0 aliphatic heterocycles. The average molecular weight is 405 g/mol. The molecule has 0 aromatic heterocycles. The van der Waals surface area contributed by atoms with Crippen LogP contribution in [0.5, 0.6) is 0 Å². The van der Waals surface area contributed by atoms with E-state index in [0.29, 0.717) is 0 Å². The first-order chi connectivity index (χ1) is 9.45. The third-order valence-electron chi connectivity index (χ3n) is 3.17. The third kappa shape index (κ3) is 2.95. The first-order valence-corrected chi connectivity index (χ1v) is 7.61. The van der Waals surface area contributed by atoms with Gasteiger partial charge in [0.15, 0.2) is 0 Å². The van der Waals surface area contributed by atoms with Crippen LogP contribution in [0.3, 0.4) is 0 Å². The number of halogens is 4. The Morgan fingerprint density at radius 1 is 1.05 bits per heavy atom. The average Bonchev–Trinajstić information content (AvgIpc) is 2.42. The zero-order chi connectivity index (χ0) is 14.9. The largest absolute Gasteiger partial charge is 0.309 e. The standard InChI is InChI=1S/C15H13Br2F2N/c1-8-7-9(3-4-10(8)16)15(20-2)13-12(18)6-5-11(17)14(13)19/h3-7,15,20H,1-2H3. The highest BCUT2D eigenvalue weighted by Crippen LogP contribution is 2.32. The van der Waals surface area contributed by atoms with E-state index in [1.807, 2.05) is 25.1 Å². The van der Waals surface area contributed by atoms with Gasteiger partial charge in [0.05, 0.1) is 10.5 Å². The summed E-state index contributed by atoms with van der Waals surface area (Å²) < 4.78 is 29.5. The highest BCUT2D eigenvalue weighted by molar-refractivity contribution is 9.10. The molecule has 106 valence electrons. The van der Waals surface area contributed by atoms with Gasteiger partial charge in [-0.1, -0.05) is 28.1 Å². The summed E-state index contributed by atoms with van der Waals surface area (Å²) in [7, 11) is 1.68. The van der Waals surface area contributed by atoms with Gasteiger partial charge in [0, 0.05) is 10.0 Å². The number of aryl methyl sites for hydroxylation is 1. The number of hydrogen-bond acceptors (Lipinski definition) is 1. The molecule has 0 heterocycles. The lowest BCUT2D eigenvalue weighted by atomic mass is 9.96. The van der Waals surface area contributed by atoms with E-state index in [-0.39, 0.29) is 10.0 Å². The number of hydrogen-bond donors (Lipinski definition) is 1. The van der Waals surface area contributed by atoms with E-state index < -0.39 is 17.7 Å². The molecule has 1 atom stereocenters. The molecule has 0 saturated carbocycles. The minimum atomic E-state index is -0.579. The van der Waals surface area contributed by atoms with E-state index in [9.17, 15) is 8.78 Å². The normalized spacial score (nSPS) is 12.5. The molecular weight excluding hydrogens is 392 g/mol. The van der Waals surface area contributed by atoms with E-state index in [1.165, 1.54) is 12.1 Å². The van der Waals surface area contributed by atoms with E-state index >= 15 is 0 Å². The van der Waals surface area contributed by atoms with Crippen LogP contribution in [0.2, 0.25) is 0 Å². The third-order valence-corrected chi connectivity index (χ3v) is 4.67. The molecule has 0 aliphatic carbocycles. The second kappa shape index (κ2) is 6.33. The van der Waals surface area contributed by atoms with Gasteiger partial charge in [-0.2, -0.15) is 0 Å². The first-order valence-electron chi connectivity index (χ1n) is 6.02. The van der Waals surface area contributed by atoms with Gasteiger partial charge < -0.3 is 5.32 Å². The fraction of sp³-hybridized carbons (Fsp3) is 0.200. The molecule has 2 aromatic carbocycles. The lowest BCUT2D eigenvalue weighted by Gasteiger charge is -2.20. The second-order valence-corrected chi connectivity index (χ2v) is 6.20. The molecule has 0 saturated heterocycles. The van der Waals surface area contributed by atoms with Gasteiger partial charge in [-0.15, -0.1) is 0 Å². The second-order valence-electron chi connectivity index (χ2n) is 4.49. The monoisotopic (exact) mass is 403 g/mol. The topological polar surface area (TPSA) is 12.0 Å². The predicted molar refractivity (Wildman–Crippen MR) is 83.8 cm³/mol. The highest BCUT2D eigenvalue weighted by atomic mass is 79.9. The van der Waals surface area contributed by atoms with Gasteiger partial charge in [0.2, 0.25) is 0 Å². The maximum absolute atomic E-state index is 14.2. The Morgan fingerprint density at radius 2 is 1.70 bits per heavy atom. The zero-order valence-corrected chi connectivity index (χ0v) is 14.1. The summed E-state index contributed by atoms with van der Waals surface area (Å²) in [4.78, 5) is 0. The summed E-state index contributed by atoms with van der Waals surface area (Å²) in [6, 6.07) is 7.72. The molecule has 2 rings (SSSR count). The lowest BCUT2D eigenvalue weighted by molar-refractivity contribution is 0.518. The van der Waals surface area contributed by atoms with Crippen molar-refractivity contribution in [2.75, 3.05) is 7.05 Å². The molecule has 2 aromatic rings. The van der Waals surface area contributed by atoms with Crippen LogP contribution in [0.1, 0.15) is 22.7 Å². The van der Waals surface area contributed by atoms with Gasteiger partial charge in [-0.25, -0.2) is 8.78 Å². The molecule has 5 heteroatoms. The number of nitrogens with one attached hydrogen (secondary N) is 1. The van der Waals surface area contributed by atoms with Gasteiger partial charge in [0.25, 0.3) is 0 Å². The fourth-order valence-electron chi connectivity index (χ4n) is 2.13. The van der Waals surface area contributed by atoms with Crippen LogP contribution in [-0.2, 0) is 0 Å². The zero-order valence-electron chi connectivity index (χ0n) is 11.0. The van der Waals surface area contributed by atoms with Crippen LogP contribution >= 0.6 is 31.9 Å².